The van der Waals surface area contributed by atoms with E-state index >= 15 is 0 Å². The van der Waals surface area contributed by atoms with Crippen LogP contribution in [0.5, 0.6) is 5.75 Å². The number of hydrogen-bond acceptors (Lipinski definition) is 4. The van der Waals surface area contributed by atoms with Crippen molar-refractivity contribution in [2.45, 2.75) is 13.3 Å². The van der Waals surface area contributed by atoms with Crippen molar-refractivity contribution in [3.8, 4) is 5.75 Å². The normalized spacial score (nSPS) is 10.2. The molecule has 3 aromatic carbocycles. The average molecular weight is 467 g/mol. The Bertz CT molecular complexity index is 1100. The first-order chi connectivity index (χ1) is 14.4. The van der Waals surface area contributed by atoms with Gasteiger partial charge in [0.1, 0.15) is 5.75 Å². The van der Waals surface area contributed by atoms with Crippen LogP contribution in [0.25, 0.3) is 0 Å². The summed E-state index contributed by atoms with van der Waals surface area (Å²) in [5.41, 5.74) is 2.14. The molecule has 2 amide bonds. The van der Waals surface area contributed by atoms with Gasteiger partial charge in [-0.2, -0.15) is 0 Å². The summed E-state index contributed by atoms with van der Waals surface area (Å²) in [5, 5.41) is 5.62. The Morgan fingerprint density at radius 1 is 0.867 bits per heavy atom. The number of nitrogens with one attached hydrogen (secondary N) is 2. The van der Waals surface area contributed by atoms with Crippen molar-refractivity contribution in [3.63, 3.8) is 0 Å². The molecule has 0 aliphatic carbocycles. The van der Waals surface area contributed by atoms with Gasteiger partial charge >= 0.3 is 5.97 Å². The molecule has 0 atom stereocenters. The van der Waals surface area contributed by atoms with Crippen molar-refractivity contribution in [2.24, 2.45) is 0 Å². The number of hydrogen-bond donors (Lipinski definition) is 2. The number of benzene rings is 3. The predicted molar refractivity (Wildman–Crippen MR) is 119 cm³/mol. The Labute approximate surface area is 182 Å². The highest BCUT2D eigenvalue weighted by Crippen LogP contribution is 2.23. The van der Waals surface area contributed by atoms with Crippen molar-refractivity contribution in [1.29, 1.82) is 0 Å². The molecule has 2 N–H and O–H groups in total. The van der Waals surface area contributed by atoms with Crippen LogP contribution < -0.4 is 15.4 Å². The second kappa shape index (κ2) is 9.84. The number of anilines is 2. The first kappa shape index (κ1) is 21.3. The molecule has 0 unspecified atom stereocenters. The summed E-state index contributed by atoms with van der Waals surface area (Å²) in [6, 6.07) is 20.7. The topological polar surface area (TPSA) is 84.5 Å². The molecule has 0 radical (unpaired) electrons. The van der Waals surface area contributed by atoms with E-state index in [2.05, 4.69) is 26.6 Å². The van der Waals surface area contributed by atoms with E-state index in [1.165, 1.54) is 13.0 Å². The fraction of sp³-hybridized carbons (Fsp3) is 0.0870. The van der Waals surface area contributed by atoms with Gasteiger partial charge in [0.05, 0.1) is 17.8 Å². The third-order valence-corrected chi connectivity index (χ3v) is 4.55. The van der Waals surface area contributed by atoms with E-state index in [1.54, 1.807) is 42.5 Å². The van der Waals surface area contributed by atoms with Gasteiger partial charge in [0, 0.05) is 17.0 Å². The molecule has 3 rings (SSSR count). The number of para-hydroxylation sites is 2. The van der Waals surface area contributed by atoms with Crippen LogP contribution in [0.2, 0.25) is 0 Å². The Kier molecular flexibility index (Phi) is 6.98. The Balaban J connectivity index is 1.71. The van der Waals surface area contributed by atoms with Crippen LogP contribution >= 0.6 is 15.9 Å². The lowest BCUT2D eigenvalue weighted by atomic mass is 10.1. The van der Waals surface area contributed by atoms with Crippen LogP contribution in [0, 0.1) is 0 Å². The number of esters is 1. The van der Waals surface area contributed by atoms with E-state index in [9.17, 15) is 14.4 Å². The minimum atomic E-state index is -0.467. The molecule has 0 heterocycles. The van der Waals surface area contributed by atoms with Crippen LogP contribution in [0.3, 0.4) is 0 Å². The van der Waals surface area contributed by atoms with Gasteiger partial charge in [0.2, 0.25) is 5.91 Å². The molecule has 0 fully saturated rings. The van der Waals surface area contributed by atoms with Crippen molar-refractivity contribution in [1.82, 2.24) is 0 Å². The van der Waals surface area contributed by atoms with Gasteiger partial charge < -0.3 is 15.4 Å². The summed E-state index contributed by atoms with van der Waals surface area (Å²) in [6.45, 7) is 1.29. The molecule has 0 spiro atoms. The molecule has 6 nitrogen and oxygen atoms in total. The summed E-state index contributed by atoms with van der Waals surface area (Å²) in [6.07, 6.45) is 0.201. The summed E-state index contributed by atoms with van der Waals surface area (Å²) in [4.78, 5) is 36.2. The molecule has 0 aromatic heterocycles. The average Bonchev–Trinajstić information content (AvgIpc) is 2.69. The molecular formula is C23H19BrN2O4. The first-order valence-corrected chi connectivity index (χ1v) is 9.93. The number of carbonyl (C=O) groups is 3. The molecule has 0 bridgehead atoms. The Hall–Kier alpha value is -3.45. The number of ether oxygens (including phenoxy) is 1. The standard InChI is InChI=1S/C23H19BrN2O4/c1-15(27)30-19-9-5-7-17(14-19)23(29)26-21-11-3-2-10-20(21)25-22(28)13-16-6-4-8-18(24)12-16/h2-12,14H,13H2,1H3,(H,25,28)(H,26,29). The Morgan fingerprint density at radius 3 is 2.27 bits per heavy atom. The smallest absolute Gasteiger partial charge is 0.308 e. The maximum Gasteiger partial charge on any atom is 0.308 e. The monoisotopic (exact) mass is 466 g/mol. The molecule has 7 heteroatoms. The highest BCUT2D eigenvalue weighted by Gasteiger charge is 2.12. The van der Waals surface area contributed by atoms with E-state index in [-0.39, 0.29) is 18.1 Å². The van der Waals surface area contributed by atoms with Crippen LogP contribution in [-0.4, -0.2) is 17.8 Å². The zero-order valence-corrected chi connectivity index (χ0v) is 17.7. The van der Waals surface area contributed by atoms with Crippen molar-refractivity contribution >= 4 is 45.1 Å². The summed E-state index contributed by atoms with van der Waals surface area (Å²) >= 11 is 3.39. The van der Waals surface area contributed by atoms with Gasteiger partial charge in [-0.05, 0) is 48.0 Å². The third kappa shape index (κ3) is 6.02. The maximum absolute atomic E-state index is 12.6. The first-order valence-electron chi connectivity index (χ1n) is 9.14. The summed E-state index contributed by atoms with van der Waals surface area (Å²) in [7, 11) is 0. The maximum atomic E-state index is 12.6. The highest BCUT2D eigenvalue weighted by atomic mass is 79.9. The van der Waals surface area contributed by atoms with Crippen LogP contribution in [0.15, 0.2) is 77.3 Å². The van der Waals surface area contributed by atoms with E-state index in [0.29, 0.717) is 16.9 Å². The SMILES string of the molecule is CC(=O)Oc1cccc(C(=O)Nc2ccccc2NC(=O)Cc2cccc(Br)c2)c1. The van der Waals surface area contributed by atoms with Crippen molar-refractivity contribution < 1.29 is 19.1 Å². The van der Waals surface area contributed by atoms with Gasteiger partial charge in [0.25, 0.3) is 5.91 Å². The zero-order chi connectivity index (χ0) is 21.5. The highest BCUT2D eigenvalue weighted by molar-refractivity contribution is 9.10. The molecule has 0 saturated carbocycles. The second-order valence-corrected chi connectivity index (χ2v) is 7.39. The van der Waals surface area contributed by atoms with Crippen LogP contribution in [0.4, 0.5) is 11.4 Å². The fourth-order valence-electron chi connectivity index (χ4n) is 2.79. The minimum absolute atomic E-state index is 0.201. The molecule has 3 aromatic rings. The van der Waals surface area contributed by atoms with E-state index in [0.717, 1.165) is 10.0 Å². The van der Waals surface area contributed by atoms with E-state index < -0.39 is 11.9 Å². The van der Waals surface area contributed by atoms with Crippen LogP contribution in [0.1, 0.15) is 22.8 Å². The lowest BCUT2D eigenvalue weighted by molar-refractivity contribution is -0.131. The minimum Gasteiger partial charge on any atom is -0.427 e. The third-order valence-electron chi connectivity index (χ3n) is 4.06. The predicted octanol–water partition coefficient (Wildman–Crippen LogP) is 4.81. The molecule has 0 aliphatic heterocycles. The lowest BCUT2D eigenvalue weighted by Crippen LogP contribution is -2.18. The molecule has 152 valence electrons. The van der Waals surface area contributed by atoms with Crippen molar-refractivity contribution in [3.05, 3.63) is 88.4 Å². The van der Waals surface area contributed by atoms with Crippen molar-refractivity contribution in [2.75, 3.05) is 10.6 Å². The fourth-order valence-corrected chi connectivity index (χ4v) is 3.24. The molecular weight excluding hydrogens is 448 g/mol. The van der Waals surface area contributed by atoms with Gasteiger partial charge in [-0.15, -0.1) is 0 Å². The summed E-state index contributed by atoms with van der Waals surface area (Å²) in [5.74, 6) is -0.777. The van der Waals surface area contributed by atoms with Gasteiger partial charge in [0.15, 0.2) is 0 Å². The summed E-state index contributed by atoms with van der Waals surface area (Å²) < 4.78 is 5.92. The molecule has 30 heavy (non-hydrogen) atoms. The zero-order valence-electron chi connectivity index (χ0n) is 16.1. The number of halogens is 1. The molecule has 0 aliphatic rings. The number of carbonyl (C=O) groups excluding carboxylic acids is 3. The quantitative estimate of drug-likeness (QED) is 0.403. The van der Waals surface area contributed by atoms with Crippen LogP contribution in [-0.2, 0) is 16.0 Å². The van der Waals surface area contributed by atoms with E-state index in [4.69, 9.17) is 4.74 Å². The Morgan fingerprint density at radius 2 is 1.57 bits per heavy atom. The van der Waals surface area contributed by atoms with Gasteiger partial charge in [-0.3, -0.25) is 14.4 Å². The lowest BCUT2D eigenvalue weighted by Gasteiger charge is -2.13. The second-order valence-electron chi connectivity index (χ2n) is 6.48. The van der Waals surface area contributed by atoms with Gasteiger partial charge in [-0.1, -0.05) is 46.3 Å². The number of amides is 2. The van der Waals surface area contributed by atoms with Gasteiger partial charge in [-0.25, -0.2) is 0 Å². The number of rotatable bonds is 6. The largest absolute Gasteiger partial charge is 0.427 e. The molecule has 0 saturated heterocycles. The van der Waals surface area contributed by atoms with E-state index in [1.807, 2.05) is 24.3 Å².